The molecule has 1 fully saturated rings. The van der Waals surface area contributed by atoms with Crippen LogP contribution in [0.5, 0.6) is 0 Å². The van der Waals surface area contributed by atoms with Gasteiger partial charge in [-0.25, -0.2) is 13.1 Å². The summed E-state index contributed by atoms with van der Waals surface area (Å²) in [6.07, 6.45) is 4.63. The SMILES string of the molecule is Cc1ccc(N)cc1S(=O)(=O)NC(C)C1CCCC1. The lowest BCUT2D eigenvalue weighted by Crippen LogP contribution is -2.37. The summed E-state index contributed by atoms with van der Waals surface area (Å²) in [5.41, 5.74) is 6.88. The third-order valence-electron chi connectivity index (χ3n) is 3.95. The van der Waals surface area contributed by atoms with Crippen molar-refractivity contribution >= 4 is 15.7 Å². The van der Waals surface area contributed by atoms with Gasteiger partial charge in [0.2, 0.25) is 10.0 Å². The van der Waals surface area contributed by atoms with Crippen molar-refractivity contribution in [2.75, 3.05) is 5.73 Å². The van der Waals surface area contributed by atoms with Crippen molar-refractivity contribution in [2.24, 2.45) is 5.92 Å². The van der Waals surface area contributed by atoms with Crippen LogP contribution in [0.1, 0.15) is 38.2 Å². The van der Waals surface area contributed by atoms with Crippen LogP contribution >= 0.6 is 0 Å². The topological polar surface area (TPSA) is 72.2 Å². The van der Waals surface area contributed by atoms with Crippen LogP contribution in [0.25, 0.3) is 0 Å². The summed E-state index contributed by atoms with van der Waals surface area (Å²) >= 11 is 0. The lowest BCUT2D eigenvalue weighted by atomic mass is 10.0. The van der Waals surface area contributed by atoms with E-state index in [-0.39, 0.29) is 10.9 Å². The molecule has 0 bridgehead atoms. The maximum Gasteiger partial charge on any atom is 0.241 e. The second kappa shape index (κ2) is 5.51. The van der Waals surface area contributed by atoms with Crippen LogP contribution < -0.4 is 10.5 Å². The minimum Gasteiger partial charge on any atom is -0.399 e. The van der Waals surface area contributed by atoms with E-state index in [1.165, 1.54) is 18.9 Å². The van der Waals surface area contributed by atoms with Crippen molar-refractivity contribution in [3.8, 4) is 0 Å². The molecular weight excluding hydrogens is 260 g/mol. The van der Waals surface area contributed by atoms with Crippen molar-refractivity contribution in [1.82, 2.24) is 4.72 Å². The molecule has 1 saturated carbocycles. The maximum atomic E-state index is 12.4. The van der Waals surface area contributed by atoms with Crippen molar-refractivity contribution in [3.63, 3.8) is 0 Å². The molecule has 1 aromatic carbocycles. The first kappa shape index (κ1) is 14.3. The number of nitrogens with two attached hydrogens (primary N) is 1. The van der Waals surface area contributed by atoms with Gasteiger partial charge < -0.3 is 5.73 Å². The number of rotatable bonds is 4. The molecule has 0 heterocycles. The number of nitrogen functional groups attached to an aromatic ring is 1. The van der Waals surface area contributed by atoms with Gasteiger partial charge in [0, 0.05) is 11.7 Å². The van der Waals surface area contributed by atoms with Gasteiger partial charge in [0.25, 0.3) is 0 Å². The largest absolute Gasteiger partial charge is 0.399 e. The lowest BCUT2D eigenvalue weighted by Gasteiger charge is -2.21. The molecule has 1 aliphatic rings. The number of benzene rings is 1. The lowest BCUT2D eigenvalue weighted by molar-refractivity contribution is 0.424. The maximum absolute atomic E-state index is 12.4. The van der Waals surface area contributed by atoms with Crippen molar-refractivity contribution in [3.05, 3.63) is 23.8 Å². The number of sulfonamides is 1. The molecule has 106 valence electrons. The van der Waals surface area contributed by atoms with Gasteiger partial charge in [-0.2, -0.15) is 0 Å². The van der Waals surface area contributed by atoms with Crippen LogP contribution in [0, 0.1) is 12.8 Å². The second-order valence-electron chi connectivity index (χ2n) is 5.48. The Morgan fingerprint density at radius 3 is 2.58 bits per heavy atom. The molecule has 0 amide bonds. The van der Waals surface area contributed by atoms with Crippen molar-refractivity contribution < 1.29 is 8.42 Å². The van der Waals surface area contributed by atoms with Gasteiger partial charge in [0.05, 0.1) is 4.90 Å². The predicted molar refractivity (Wildman–Crippen MR) is 77.3 cm³/mol. The van der Waals surface area contributed by atoms with Gasteiger partial charge in [0.1, 0.15) is 0 Å². The third kappa shape index (κ3) is 3.28. The zero-order chi connectivity index (χ0) is 14.0. The fourth-order valence-electron chi connectivity index (χ4n) is 2.77. The molecule has 0 saturated heterocycles. The van der Waals surface area contributed by atoms with E-state index in [0.717, 1.165) is 18.4 Å². The Balaban J connectivity index is 2.19. The van der Waals surface area contributed by atoms with Crippen LogP contribution in [0.3, 0.4) is 0 Å². The Kier molecular flexibility index (Phi) is 4.16. The summed E-state index contributed by atoms with van der Waals surface area (Å²) in [4.78, 5) is 0.289. The van der Waals surface area contributed by atoms with Crippen molar-refractivity contribution in [2.45, 2.75) is 50.5 Å². The second-order valence-corrected chi connectivity index (χ2v) is 7.16. The summed E-state index contributed by atoms with van der Waals surface area (Å²) in [5.74, 6) is 0.455. The van der Waals surface area contributed by atoms with E-state index in [1.54, 1.807) is 19.1 Å². The van der Waals surface area contributed by atoms with Gasteiger partial charge >= 0.3 is 0 Å². The molecule has 1 aromatic rings. The normalized spacial score (nSPS) is 18.6. The molecule has 3 N–H and O–H groups in total. The van der Waals surface area contributed by atoms with E-state index in [0.29, 0.717) is 11.6 Å². The van der Waals surface area contributed by atoms with Gasteiger partial charge in [-0.05, 0) is 50.3 Å². The molecule has 4 nitrogen and oxygen atoms in total. The van der Waals surface area contributed by atoms with E-state index in [4.69, 9.17) is 5.73 Å². The number of hydrogen-bond donors (Lipinski definition) is 2. The molecule has 0 aliphatic heterocycles. The number of hydrogen-bond acceptors (Lipinski definition) is 3. The quantitative estimate of drug-likeness (QED) is 0.833. The van der Waals surface area contributed by atoms with Crippen LogP contribution in [-0.4, -0.2) is 14.5 Å². The third-order valence-corrected chi connectivity index (χ3v) is 5.65. The van der Waals surface area contributed by atoms with Gasteiger partial charge in [-0.15, -0.1) is 0 Å². The number of aryl methyl sites for hydroxylation is 1. The number of anilines is 1. The van der Waals surface area contributed by atoms with E-state index >= 15 is 0 Å². The van der Waals surface area contributed by atoms with Crippen LogP contribution in [0.15, 0.2) is 23.1 Å². The highest BCUT2D eigenvalue weighted by Crippen LogP contribution is 2.28. The Hall–Kier alpha value is -1.07. The highest BCUT2D eigenvalue weighted by molar-refractivity contribution is 7.89. The van der Waals surface area contributed by atoms with Crippen LogP contribution in [0.4, 0.5) is 5.69 Å². The van der Waals surface area contributed by atoms with Gasteiger partial charge in [-0.3, -0.25) is 0 Å². The minimum absolute atomic E-state index is 0.0201. The standard InChI is InChI=1S/C14H22N2O2S/c1-10-7-8-13(15)9-14(10)19(17,18)16-11(2)12-5-3-4-6-12/h7-9,11-12,16H,3-6,15H2,1-2H3. The molecule has 1 aliphatic carbocycles. The fourth-order valence-corrected chi connectivity index (χ4v) is 4.36. The van der Waals surface area contributed by atoms with Gasteiger partial charge in [0.15, 0.2) is 0 Å². The minimum atomic E-state index is -3.48. The van der Waals surface area contributed by atoms with E-state index < -0.39 is 10.0 Å². The summed E-state index contributed by atoms with van der Waals surface area (Å²) in [7, 11) is -3.48. The van der Waals surface area contributed by atoms with Crippen LogP contribution in [0.2, 0.25) is 0 Å². The fraction of sp³-hybridized carbons (Fsp3) is 0.571. The first-order valence-corrected chi connectivity index (χ1v) is 8.27. The highest BCUT2D eigenvalue weighted by atomic mass is 32.2. The highest BCUT2D eigenvalue weighted by Gasteiger charge is 2.26. The Labute approximate surface area is 115 Å². The van der Waals surface area contributed by atoms with E-state index in [2.05, 4.69) is 4.72 Å². The summed E-state index contributed by atoms with van der Waals surface area (Å²) in [5, 5.41) is 0. The Bertz CT molecular complexity index is 549. The summed E-state index contributed by atoms with van der Waals surface area (Å²) < 4.78 is 27.6. The molecule has 0 radical (unpaired) electrons. The molecule has 0 aromatic heterocycles. The summed E-state index contributed by atoms with van der Waals surface area (Å²) in [6.45, 7) is 3.74. The predicted octanol–water partition coefficient (Wildman–Crippen LogP) is 2.43. The summed E-state index contributed by atoms with van der Waals surface area (Å²) in [6, 6.07) is 4.96. The first-order chi connectivity index (χ1) is 8.90. The smallest absolute Gasteiger partial charge is 0.241 e. The van der Waals surface area contributed by atoms with Gasteiger partial charge in [-0.1, -0.05) is 18.9 Å². The van der Waals surface area contributed by atoms with E-state index in [9.17, 15) is 8.42 Å². The molecular formula is C14H22N2O2S. The average molecular weight is 282 g/mol. The van der Waals surface area contributed by atoms with E-state index in [1.807, 2.05) is 6.92 Å². The monoisotopic (exact) mass is 282 g/mol. The molecule has 1 unspecified atom stereocenters. The molecule has 1 atom stereocenters. The zero-order valence-corrected chi connectivity index (χ0v) is 12.3. The Morgan fingerprint density at radius 1 is 1.32 bits per heavy atom. The zero-order valence-electron chi connectivity index (χ0n) is 11.5. The van der Waals surface area contributed by atoms with Crippen LogP contribution in [-0.2, 0) is 10.0 Å². The molecule has 2 rings (SSSR count). The molecule has 19 heavy (non-hydrogen) atoms. The molecule has 0 spiro atoms. The average Bonchev–Trinajstić information content (AvgIpc) is 2.85. The Morgan fingerprint density at radius 2 is 1.95 bits per heavy atom. The first-order valence-electron chi connectivity index (χ1n) is 6.78. The molecule has 5 heteroatoms. The number of nitrogens with one attached hydrogen (secondary N) is 1. The van der Waals surface area contributed by atoms with Crippen molar-refractivity contribution in [1.29, 1.82) is 0 Å².